The minimum Gasteiger partial charge on any atom is -0.327 e. The predicted molar refractivity (Wildman–Crippen MR) is 90.1 cm³/mol. The standard InChI is InChI=1S/C19H20ClNO/c1-12(2)18-16-9-8-15(20)10-17(16)19(22)21(18)11-14-6-4-13(3)5-7-14/h4-10,12,18H,11H2,1-3H3. The van der Waals surface area contributed by atoms with Crippen LogP contribution in [-0.2, 0) is 6.54 Å². The number of fused-ring (bicyclic) bond motifs is 1. The van der Waals surface area contributed by atoms with Gasteiger partial charge in [0, 0.05) is 17.1 Å². The monoisotopic (exact) mass is 313 g/mol. The van der Waals surface area contributed by atoms with Gasteiger partial charge in [-0.3, -0.25) is 4.79 Å². The van der Waals surface area contributed by atoms with Crippen molar-refractivity contribution >= 4 is 17.5 Å². The Morgan fingerprint density at radius 3 is 2.45 bits per heavy atom. The first kappa shape index (κ1) is 15.1. The number of rotatable bonds is 3. The molecule has 1 aliphatic rings. The summed E-state index contributed by atoms with van der Waals surface area (Å²) < 4.78 is 0. The van der Waals surface area contributed by atoms with Crippen LogP contribution in [0.1, 0.15) is 46.9 Å². The second-order valence-electron chi connectivity index (χ2n) is 6.34. The van der Waals surface area contributed by atoms with Gasteiger partial charge in [0.15, 0.2) is 0 Å². The van der Waals surface area contributed by atoms with Gasteiger partial charge in [-0.1, -0.05) is 61.3 Å². The Bertz CT molecular complexity index is 706. The van der Waals surface area contributed by atoms with E-state index in [2.05, 4.69) is 45.0 Å². The normalized spacial score (nSPS) is 17.2. The second kappa shape index (κ2) is 5.77. The third-order valence-electron chi connectivity index (χ3n) is 4.27. The van der Waals surface area contributed by atoms with Crippen LogP contribution in [0, 0.1) is 12.8 Å². The largest absolute Gasteiger partial charge is 0.327 e. The summed E-state index contributed by atoms with van der Waals surface area (Å²) in [4.78, 5) is 14.8. The van der Waals surface area contributed by atoms with E-state index in [0.717, 1.165) is 16.7 Å². The highest BCUT2D eigenvalue weighted by Gasteiger charge is 2.38. The maximum absolute atomic E-state index is 12.8. The Labute approximate surface area is 136 Å². The number of halogens is 1. The van der Waals surface area contributed by atoms with Gasteiger partial charge in [-0.15, -0.1) is 0 Å². The van der Waals surface area contributed by atoms with Crippen LogP contribution < -0.4 is 0 Å². The van der Waals surface area contributed by atoms with Crippen LogP contribution in [-0.4, -0.2) is 10.8 Å². The number of aryl methyl sites for hydroxylation is 1. The molecule has 0 spiro atoms. The molecule has 3 heteroatoms. The van der Waals surface area contributed by atoms with Crippen molar-refractivity contribution in [3.63, 3.8) is 0 Å². The lowest BCUT2D eigenvalue weighted by Gasteiger charge is -2.28. The van der Waals surface area contributed by atoms with Crippen LogP contribution in [0.3, 0.4) is 0 Å². The van der Waals surface area contributed by atoms with Crippen LogP contribution in [0.15, 0.2) is 42.5 Å². The van der Waals surface area contributed by atoms with Crippen LogP contribution in [0.2, 0.25) is 5.02 Å². The van der Waals surface area contributed by atoms with Gasteiger partial charge in [0.05, 0.1) is 6.04 Å². The summed E-state index contributed by atoms with van der Waals surface area (Å²) in [6.45, 7) is 7.02. The maximum Gasteiger partial charge on any atom is 0.255 e. The molecular formula is C19H20ClNO. The van der Waals surface area contributed by atoms with Crippen molar-refractivity contribution < 1.29 is 4.79 Å². The van der Waals surface area contributed by atoms with E-state index >= 15 is 0 Å². The van der Waals surface area contributed by atoms with Gasteiger partial charge in [-0.2, -0.15) is 0 Å². The highest BCUT2D eigenvalue weighted by atomic mass is 35.5. The van der Waals surface area contributed by atoms with Gasteiger partial charge in [0.1, 0.15) is 0 Å². The quantitative estimate of drug-likeness (QED) is 0.780. The summed E-state index contributed by atoms with van der Waals surface area (Å²) in [5, 5.41) is 0.617. The lowest BCUT2D eigenvalue weighted by molar-refractivity contribution is 0.0665. The zero-order valence-corrected chi connectivity index (χ0v) is 13.9. The van der Waals surface area contributed by atoms with Gasteiger partial charge in [-0.25, -0.2) is 0 Å². The minimum absolute atomic E-state index is 0.0803. The first-order valence-electron chi connectivity index (χ1n) is 7.63. The highest BCUT2D eigenvalue weighted by Crippen LogP contribution is 2.40. The topological polar surface area (TPSA) is 20.3 Å². The Morgan fingerprint density at radius 1 is 1.14 bits per heavy atom. The molecule has 114 valence electrons. The second-order valence-corrected chi connectivity index (χ2v) is 6.78. The van der Waals surface area contributed by atoms with Gasteiger partial charge < -0.3 is 4.90 Å². The van der Waals surface area contributed by atoms with E-state index in [1.54, 1.807) is 6.07 Å². The maximum atomic E-state index is 12.8. The third-order valence-corrected chi connectivity index (χ3v) is 4.50. The van der Waals surface area contributed by atoms with E-state index in [0.29, 0.717) is 17.5 Å². The number of carbonyl (C=O) groups is 1. The summed E-state index contributed by atoms with van der Waals surface area (Å²) in [5.74, 6) is 0.439. The van der Waals surface area contributed by atoms with Crippen LogP contribution in [0.25, 0.3) is 0 Å². The van der Waals surface area contributed by atoms with Gasteiger partial charge in [0.25, 0.3) is 5.91 Å². The molecule has 1 aliphatic heterocycles. The van der Waals surface area contributed by atoms with Gasteiger partial charge in [-0.05, 0) is 36.1 Å². The van der Waals surface area contributed by atoms with Crippen molar-refractivity contribution in [3.05, 3.63) is 69.7 Å². The first-order valence-corrected chi connectivity index (χ1v) is 8.01. The van der Waals surface area contributed by atoms with Crippen molar-refractivity contribution in [1.82, 2.24) is 4.90 Å². The molecule has 0 saturated carbocycles. The number of hydrogen-bond donors (Lipinski definition) is 0. The molecule has 0 saturated heterocycles. The average molecular weight is 314 g/mol. The van der Waals surface area contributed by atoms with Crippen LogP contribution in [0.5, 0.6) is 0 Å². The predicted octanol–water partition coefficient (Wildman–Crippen LogP) is 5.00. The molecular weight excluding hydrogens is 294 g/mol. The van der Waals surface area contributed by atoms with E-state index in [1.165, 1.54) is 5.56 Å². The van der Waals surface area contributed by atoms with E-state index in [1.807, 2.05) is 17.0 Å². The smallest absolute Gasteiger partial charge is 0.255 e. The molecule has 0 radical (unpaired) electrons. The molecule has 0 N–H and O–H groups in total. The van der Waals surface area contributed by atoms with Crippen molar-refractivity contribution in [3.8, 4) is 0 Å². The number of benzene rings is 2. The Kier molecular flexibility index (Phi) is 3.96. The molecule has 1 heterocycles. The number of hydrogen-bond acceptors (Lipinski definition) is 1. The van der Waals surface area contributed by atoms with Crippen molar-refractivity contribution in [2.75, 3.05) is 0 Å². The molecule has 0 bridgehead atoms. The molecule has 1 amide bonds. The van der Waals surface area contributed by atoms with Crippen LogP contribution in [0.4, 0.5) is 0 Å². The number of carbonyl (C=O) groups excluding carboxylic acids is 1. The zero-order chi connectivity index (χ0) is 15.9. The van der Waals surface area contributed by atoms with Crippen molar-refractivity contribution in [2.24, 2.45) is 5.92 Å². The fourth-order valence-corrected chi connectivity index (χ4v) is 3.37. The van der Waals surface area contributed by atoms with Crippen LogP contribution >= 0.6 is 11.6 Å². The molecule has 2 nitrogen and oxygen atoms in total. The van der Waals surface area contributed by atoms with Gasteiger partial charge in [0.2, 0.25) is 0 Å². The lowest BCUT2D eigenvalue weighted by atomic mass is 9.95. The SMILES string of the molecule is Cc1ccc(CN2C(=O)c3cc(Cl)ccc3C2C(C)C)cc1. The fraction of sp³-hybridized carbons (Fsp3) is 0.316. The highest BCUT2D eigenvalue weighted by molar-refractivity contribution is 6.31. The Morgan fingerprint density at radius 2 is 1.82 bits per heavy atom. The molecule has 2 aromatic carbocycles. The lowest BCUT2D eigenvalue weighted by Crippen LogP contribution is -2.30. The molecule has 2 aromatic rings. The molecule has 1 unspecified atom stereocenters. The summed E-state index contributed by atoms with van der Waals surface area (Å²) in [6, 6.07) is 14.1. The molecule has 3 rings (SSSR count). The first-order chi connectivity index (χ1) is 10.5. The zero-order valence-electron chi connectivity index (χ0n) is 13.1. The summed E-state index contributed by atoms with van der Waals surface area (Å²) in [6.07, 6.45) is 0. The number of amides is 1. The summed E-state index contributed by atoms with van der Waals surface area (Å²) >= 11 is 6.07. The van der Waals surface area contributed by atoms with E-state index < -0.39 is 0 Å². The average Bonchev–Trinajstić information content (AvgIpc) is 2.74. The van der Waals surface area contributed by atoms with E-state index in [-0.39, 0.29) is 11.9 Å². The van der Waals surface area contributed by atoms with Crippen molar-refractivity contribution in [1.29, 1.82) is 0 Å². The molecule has 1 atom stereocenters. The summed E-state index contributed by atoms with van der Waals surface area (Å²) in [5.41, 5.74) is 4.23. The Balaban J connectivity index is 1.97. The molecule has 22 heavy (non-hydrogen) atoms. The fourth-order valence-electron chi connectivity index (χ4n) is 3.20. The van der Waals surface area contributed by atoms with Gasteiger partial charge >= 0.3 is 0 Å². The van der Waals surface area contributed by atoms with Crippen molar-refractivity contribution in [2.45, 2.75) is 33.4 Å². The number of nitrogens with zero attached hydrogens (tertiary/aromatic N) is 1. The molecule has 0 fully saturated rings. The van der Waals surface area contributed by atoms with E-state index in [9.17, 15) is 4.79 Å². The Hall–Kier alpha value is -1.80. The minimum atomic E-state index is 0.0803. The summed E-state index contributed by atoms with van der Waals surface area (Å²) in [7, 11) is 0. The van der Waals surface area contributed by atoms with E-state index in [4.69, 9.17) is 11.6 Å². The third kappa shape index (κ3) is 2.64. The molecule has 0 aromatic heterocycles. The molecule has 0 aliphatic carbocycles.